The third kappa shape index (κ3) is 6.71. The Hall–Kier alpha value is -3.63. The first-order valence-electron chi connectivity index (χ1n) is 11.3. The van der Waals surface area contributed by atoms with Crippen LogP contribution in [0.1, 0.15) is 18.4 Å². The Balaban J connectivity index is 1.34. The van der Waals surface area contributed by atoms with Crippen LogP contribution in [0.25, 0.3) is 11.1 Å². The number of aliphatic hydroxyl groups is 1. The van der Waals surface area contributed by atoms with E-state index < -0.39 is 18.8 Å². The van der Waals surface area contributed by atoms with E-state index in [0.29, 0.717) is 38.3 Å². The molecular weight excluding hydrogens is 458 g/mol. The predicted octanol–water partition coefficient (Wildman–Crippen LogP) is 4.15. The summed E-state index contributed by atoms with van der Waals surface area (Å²) in [5, 5.41) is 22.9. The Morgan fingerprint density at radius 3 is 2.40 bits per heavy atom. The molecule has 1 fully saturated rings. The third-order valence-corrected chi connectivity index (χ3v) is 5.97. The van der Waals surface area contributed by atoms with E-state index in [2.05, 4.69) is 20.0 Å². The highest BCUT2D eigenvalue weighted by Crippen LogP contribution is 2.24. The van der Waals surface area contributed by atoms with Crippen LogP contribution in [0.5, 0.6) is 5.75 Å². The van der Waals surface area contributed by atoms with Gasteiger partial charge in [0.1, 0.15) is 12.0 Å². The van der Waals surface area contributed by atoms with Crippen molar-refractivity contribution in [2.45, 2.75) is 32.1 Å². The van der Waals surface area contributed by atoms with Gasteiger partial charge in [0.25, 0.3) is 0 Å². The van der Waals surface area contributed by atoms with Gasteiger partial charge >= 0.3 is 12.6 Å². The van der Waals surface area contributed by atoms with Crippen LogP contribution < -0.4 is 10.1 Å². The maximum Gasteiger partial charge on any atom is 0.387 e. The number of likely N-dealkylation sites (tertiary alicyclic amines) is 1. The second-order valence-electron chi connectivity index (χ2n) is 8.36. The second-order valence-corrected chi connectivity index (χ2v) is 8.36. The molecule has 8 nitrogen and oxygen atoms in total. The molecule has 1 aliphatic rings. The maximum absolute atomic E-state index is 12.3. The minimum Gasteiger partial charge on any atom is -0.481 e. The molecule has 1 saturated heterocycles. The largest absolute Gasteiger partial charge is 0.481 e. The Labute approximate surface area is 201 Å². The van der Waals surface area contributed by atoms with E-state index in [1.807, 2.05) is 29.2 Å². The molecule has 1 unspecified atom stereocenters. The zero-order chi connectivity index (χ0) is 24.8. The zero-order valence-electron chi connectivity index (χ0n) is 18.8. The first-order chi connectivity index (χ1) is 16.9. The fourth-order valence-corrected chi connectivity index (χ4v) is 4.06. The lowest BCUT2D eigenvalue weighted by Gasteiger charge is -2.33. The minimum absolute atomic E-state index is 0.0812. The summed E-state index contributed by atoms with van der Waals surface area (Å²) in [5.41, 5.74) is 3.18. The van der Waals surface area contributed by atoms with Crippen LogP contribution in [-0.2, 0) is 11.2 Å². The number of carboxylic acid groups (broad SMARTS) is 1. The van der Waals surface area contributed by atoms with Gasteiger partial charge in [-0.2, -0.15) is 8.78 Å². The van der Waals surface area contributed by atoms with Gasteiger partial charge < -0.3 is 20.3 Å². The van der Waals surface area contributed by atoms with Gasteiger partial charge in [-0.15, -0.1) is 0 Å². The Kier molecular flexibility index (Phi) is 7.84. The Morgan fingerprint density at radius 1 is 1.09 bits per heavy atom. The van der Waals surface area contributed by atoms with E-state index in [-0.39, 0.29) is 11.7 Å². The number of hydrogen-bond donors (Lipinski definition) is 3. The van der Waals surface area contributed by atoms with Crippen molar-refractivity contribution in [1.29, 1.82) is 0 Å². The summed E-state index contributed by atoms with van der Waals surface area (Å²) in [6, 6.07) is 13.8. The summed E-state index contributed by atoms with van der Waals surface area (Å²) < 4.78 is 28.9. The summed E-state index contributed by atoms with van der Waals surface area (Å²) in [6.45, 7) is -1.76. The van der Waals surface area contributed by atoms with Gasteiger partial charge in [-0.3, -0.25) is 9.69 Å². The van der Waals surface area contributed by atoms with Crippen molar-refractivity contribution in [3.8, 4) is 16.9 Å². The van der Waals surface area contributed by atoms with Crippen LogP contribution >= 0.6 is 0 Å². The van der Waals surface area contributed by atoms with Gasteiger partial charge in [-0.05, 0) is 48.2 Å². The van der Waals surface area contributed by atoms with Crippen molar-refractivity contribution in [3.05, 3.63) is 66.5 Å². The molecular formula is C25H26F2N4O4. The van der Waals surface area contributed by atoms with Gasteiger partial charge in [0.15, 0.2) is 0 Å². The zero-order valence-corrected chi connectivity index (χ0v) is 18.8. The van der Waals surface area contributed by atoms with Crippen LogP contribution in [0.3, 0.4) is 0 Å². The minimum atomic E-state index is -2.87. The molecule has 1 aliphatic heterocycles. The van der Waals surface area contributed by atoms with E-state index in [1.165, 1.54) is 12.1 Å². The molecule has 3 aromatic rings. The van der Waals surface area contributed by atoms with Crippen LogP contribution in [-0.4, -0.2) is 57.0 Å². The highest BCUT2D eigenvalue weighted by molar-refractivity contribution is 5.70. The number of hydrogen-bond acceptors (Lipinski definition) is 7. The van der Waals surface area contributed by atoms with Crippen molar-refractivity contribution < 1.29 is 28.5 Å². The van der Waals surface area contributed by atoms with Gasteiger partial charge in [0.05, 0.1) is 5.92 Å². The Morgan fingerprint density at radius 2 is 1.77 bits per heavy atom. The molecule has 0 radical (unpaired) electrons. The maximum atomic E-state index is 12.3. The summed E-state index contributed by atoms with van der Waals surface area (Å²) in [5.74, 6) is -0.640. The second kappa shape index (κ2) is 11.2. The van der Waals surface area contributed by atoms with Crippen LogP contribution in [0, 0.1) is 5.92 Å². The number of ether oxygens (including phenoxy) is 1. The number of alkyl halides is 2. The molecule has 0 aliphatic carbocycles. The van der Waals surface area contributed by atoms with E-state index in [4.69, 9.17) is 5.11 Å². The van der Waals surface area contributed by atoms with Gasteiger partial charge in [0.2, 0.25) is 5.95 Å². The van der Waals surface area contributed by atoms with Gasteiger partial charge in [0, 0.05) is 43.2 Å². The van der Waals surface area contributed by atoms with E-state index in [0.717, 1.165) is 22.4 Å². The molecule has 0 saturated carbocycles. The van der Waals surface area contributed by atoms with Crippen LogP contribution in [0.2, 0.25) is 0 Å². The number of carbonyl (C=O) groups is 1. The van der Waals surface area contributed by atoms with Crippen molar-refractivity contribution in [2.24, 2.45) is 5.92 Å². The van der Waals surface area contributed by atoms with Crippen LogP contribution in [0.15, 0.2) is 60.9 Å². The van der Waals surface area contributed by atoms with E-state index in [9.17, 15) is 18.7 Å². The molecule has 2 aromatic carbocycles. The van der Waals surface area contributed by atoms with Crippen molar-refractivity contribution >= 4 is 17.6 Å². The number of benzene rings is 2. The first kappa shape index (κ1) is 24.5. The lowest BCUT2D eigenvalue weighted by Crippen LogP contribution is -2.43. The van der Waals surface area contributed by atoms with E-state index in [1.54, 1.807) is 24.5 Å². The molecule has 4 rings (SSSR count). The number of piperidine rings is 1. The summed E-state index contributed by atoms with van der Waals surface area (Å²) >= 11 is 0. The SMILES string of the molecule is O=C(O)C1CCN(C(O)Cc2cccc(Nc3ncc(-c4ccc(OC(F)F)cc4)cn3)c2)CC1. The van der Waals surface area contributed by atoms with E-state index >= 15 is 0 Å². The highest BCUT2D eigenvalue weighted by atomic mass is 19.3. The number of nitrogens with one attached hydrogen (secondary N) is 1. The predicted molar refractivity (Wildman–Crippen MR) is 125 cm³/mol. The van der Waals surface area contributed by atoms with Crippen molar-refractivity contribution in [2.75, 3.05) is 18.4 Å². The number of carboxylic acids is 1. The average molecular weight is 485 g/mol. The molecule has 184 valence electrons. The molecule has 0 amide bonds. The first-order valence-corrected chi connectivity index (χ1v) is 11.3. The van der Waals surface area contributed by atoms with Crippen molar-refractivity contribution in [3.63, 3.8) is 0 Å². The number of rotatable bonds is 9. The molecule has 1 atom stereocenters. The fraction of sp³-hybridized carbons (Fsp3) is 0.320. The number of aliphatic carboxylic acids is 1. The topological polar surface area (TPSA) is 108 Å². The summed E-state index contributed by atoms with van der Waals surface area (Å²) in [4.78, 5) is 21.7. The summed E-state index contributed by atoms with van der Waals surface area (Å²) in [6.07, 6.45) is 4.06. The standard InChI is InChI=1S/C25H26F2N4O4/c26-24(27)35-21-6-4-17(5-7-21)19-14-28-25(29-15-19)30-20-3-1-2-16(12-20)13-22(32)31-10-8-18(9-11-31)23(33)34/h1-7,12,14-15,18,22,24,32H,8-11,13H2,(H,33,34)(H,28,29,30). The lowest BCUT2D eigenvalue weighted by atomic mass is 9.96. The average Bonchev–Trinajstić information content (AvgIpc) is 2.85. The number of halogens is 2. The Bertz CT molecular complexity index is 1120. The van der Waals surface area contributed by atoms with Gasteiger partial charge in [-0.1, -0.05) is 24.3 Å². The normalized spacial score (nSPS) is 15.7. The monoisotopic (exact) mass is 484 g/mol. The molecule has 10 heteroatoms. The number of aromatic nitrogens is 2. The number of anilines is 2. The quantitative estimate of drug-likeness (QED) is 0.416. The van der Waals surface area contributed by atoms with Crippen molar-refractivity contribution in [1.82, 2.24) is 14.9 Å². The van der Waals surface area contributed by atoms with Crippen LogP contribution in [0.4, 0.5) is 20.4 Å². The van der Waals surface area contributed by atoms with Gasteiger partial charge in [-0.25, -0.2) is 9.97 Å². The highest BCUT2D eigenvalue weighted by Gasteiger charge is 2.27. The molecule has 2 heterocycles. The fourth-order valence-electron chi connectivity index (χ4n) is 4.06. The lowest BCUT2D eigenvalue weighted by molar-refractivity contribution is -0.144. The molecule has 35 heavy (non-hydrogen) atoms. The molecule has 3 N–H and O–H groups in total. The molecule has 0 bridgehead atoms. The molecule has 1 aromatic heterocycles. The number of nitrogens with zero attached hydrogens (tertiary/aromatic N) is 3. The summed E-state index contributed by atoms with van der Waals surface area (Å²) in [7, 11) is 0. The number of aliphatic hydroxyl groups excluding tert-OH is 1. The smallest absolute Gasteiger partial charge is 0.387 e. The third-order valence-electron chi connectivity index (χ3n) is 5.97. The molecule has 0 spiro atoms.